The second-order valence-electron chi connectivity index (χ2n) is 2.55. The van der Waals surface area contributed by atoms with E-state index in [0.717, 1.165) is 0 Å². The van der Waals surface area contributed by atoms with Crippen LogP contribution in [0.3, 0.4) is 0 Å². The molecule has 1 aromatic rings. The zero-order chi connectivity index (χ0) is 9.84. The summed E-state index contributed by atoms with van der Waals surface area (Å²) in [6.07, 6.45) is 1.27. The van der Waals surface area contributed by atoms with Gasteiger partial charge in [0.2, 0.25) is 0 Å². The van der Waals surface area contributed by atoms with E-state index in [0.29, 0.717) is 16.2 Å². The largest absolute Gasteiger partial charge is 0.206 e. The van der Waals surface area contributed by atoms with E-state index < -0.39 is 5.82 Å². The minimum Gasteiger partial charge on any atom is -0.206 e. The molecule has 3 heteroatoms. The third kappa shape index (κ3) is 2.07. The first kappa shape index (κ1) is 9.76. The zero-order valence-corrected chi connectivity index (χ0v) is 7.77. The van der Waals surface area contributed by atoms with Crippen molar-refractivity contribution in [3.63, 3.8) is 0 Å². The highest BCUT2D eigenvalue weighted by Gasteiger charge is 2.07. The van der Waals surface area contributed by atoms with Crippen molar-refractivity contribution in [2.45, 2.75) is 6.92 Å². The molecule has 0 aliphatic carbocycles. The fraction of sp³-hybridized carbons (Fsp3) is 0.100. The van der Waals surface area contributed by atoms with Crippen molar-refractivity contribution in [3.05, 3.63) is 40.7 Å². The first-order valence-corrected chi connectivity index (χ1v) is 4.05. The second-order valence-corrected chi connectivity index (χ2v) is 2.96. The average molecular weight is 196 g/mol. The van der Waals surface area contributed by atoms with E-state index in [9.17, 15) is 4.39 Å². The average Bonchev–Trinajstić information content (AvgIpc) is 2.04. The van der Waals surface area contributed by atoms with Gasteiger partial charge in [-0.3, -0.25) is 0 Å². The summed E-state index contributed by atoms with van der Waals surface area (Å²) in [6.45, 7) is 1.65. The Balaban J connectivity index is 3.30. The second kappa shape index (κ2) is 4.06. The highest BCUT2D eigenvalue weighted by molar-refractivity contribution is 6.32. The van der Waals surface area contributed by atoms with Crippen molar-refractivity contribution >= 4 is 17.2 Å². The topological polar surface area (TPSA) is 23.8 Å². The summed E-state index contributed by atoms with van der Waals surface area (Å²) in [6, 6.07) is 6.27. The minimum atomic E-state index is -0.406. The number of nitrogens with zero attached hydrogens (tertiary/aromatic N) is 1. The molecule has 0 bridgehead atoms. The molecule has 0 amide bonds. The van der Waals surface area contributed by atoms with Crippen molar-refractivity contribution in [3.8, 4) is 6.07 Å². The molecule has 0 radical (unpaired) electrons. The maximum absolute atomic E-state index is 13.2. The summed E-state index contributed by atoms with van der Waals surface area (Å²) < 4.78 is 13.2. The van der Waals surface area contributed by atoms with Gasteiger partial charge >= 0.3 is 0 Å². The number of rotatable bonds is 1. The van der Waals surface area contributed by atoms with Crippen LogP contribution in [0.15, 0.2) is 24.3 Å². The molecule has 0 aliphatic heterocycles. The van der Waals surface area contributed by atoms with Gasteiger partial charge in [0, 0.05) is 11.6 Å². The number of hydrogen-bond donors (Lipinski definition) is 0. The number of allylic oxidation sites excluding steroid dienone is 2. The maximum atomic E-state index is 13.2. The van der Waals surface area contributed by atoms with Crippen LogP contribution in [0.2, 0.25) is 5.02 Å². The molecule has 0 saturated carbocycles. The van der Waals surface area contributed by atoms with Crippen molar-refractivity contribution in [2.75, 3.05) is 0 Å². The number of hydrogen-bond acceptors (Lipinski definition) is 1. The Morgan fingerprint density at radius 1 is 1.62 bits per heavy atom. The molecule has 0 atom stereocenters. The lowest BCUT2D eigenvalue weighted by Crippen LogP contribution is -1.87. The fourth-order valence-corrected chi connectivity index (χ4v) is 1.36. The first-order chi connectivity index (χ1) is 6.16. The van der Waals surface area contributed by atoms with Crippen LogP contribution in [0.1, 0.15) is 12.5 Å². The molecule has 1 aromatic carbocycles. The Kier molecular flexibility index (Phi) is 3.05. The predicted octanol–water partition coefficient (Wildman–Crippen LogP) is 3.41. The van der Waals surface area contributed by atoms with E-state index in [4.69, 9.17) is 16.9 Å². The van der Waals surface area contributed by atoms with E-state index in [1.165, 1.54) is 18.2 Å². The third-order valence-corrected chi connectivity index (χ3v) is 1.95. The highest BCUT2D eigenvalue weighted by Crippen LogP contribution is 2.25. The Hall–Kier alpha value is -1.33. The fourth-order valence-electron chi connectivity index (χ4n) is 1.04. The lowest BCUT2D eigenvalue weighted by molar-refractivity contribution is 0.624. The highest BCUT2D eigenvalue weighted by atomic mass is 35.5. The van der Waals surface area contributed by atoms with Crippen LogP contribution >= 0.6 is 11.6 Å². The van der Waals surface area contributed by atoms with Crippen LogP contribution in [0.5, 0.6) is 0 Å². The first-order valence-electron chi connectivity index (χ1n) is 3.67. The van der Waals surface area contributed by atoms with Crippen LogP contribution in [0.25, 0.3) is 5.57 Å². The molecule has 0 heterocycles. The normalized spacial score (nSPS) is 11.1. The maximum Gasteiger partial charge on any atom is 0.132 e. The molecule has 0 fully saturated rings. The van der Waals surface area contributed by atoms with E-state index >= 15 is 0 Å². The molecule has 0 saturated heterocycles. The summed E-state index contributed by atoms with van der Waals surface area (Å²) in [4.78, 5) is 0. The van der Waals surface area contributed by atoms with E-state index in [1.54, 1.807) is 13.0 Å². The Labute approximate surface area is 81.1 Å². The van der Waals surface area contributed by atoms with Gasteiger partial charge in [-0.1, -0.05) is 17.7 Å². The summed E-state index contributed by atoms with van der Waals surface area (Å²) in [5.74, 6) is -0.406. The minimum absolute atomic E-state index is 0.297. The summed E-state index contributed by atoms with van der Waals surface area (Å²) in [5.41, 5.74) is 0.830. The molecule has 66 valence electrons. The molecule has 1 nitrogen and oxygen atoms in total. The van der Waals surface area contributed by atoms with Gasteiger partial charge in [-0.05, 0) is 24.6 Å². The Morgan fingerprint density at radius 3 is 2.85 bits per heavy atom. The van der Waals surface area contributed by atoms with Gasteiger partial charge in [0.05, 0.1) is 11.1 Å². The van der Waals surface area contributed by atoms with Gasteiger partial charge in [0.1, 0.15) is 5.82 Å². The van der Waals surface area contributed by atoms with Gasteiger partial charge in [-0.2, -0.15) is 5.26 Å². The van der Waals surface area contributed by atoms with E-state index in [2.05, 4.69) is 0 Å². The van der Waals surface area contributed by atoms with Gasteiger partial charge in [0.15, 0.2) is 0 Å². The van der Waals surface area contributed by atoms with Crippen LogP contribution in [0, 0.1) is 17.1 Å². The van der Waals surface area contributed by atoms with Gasteiger partial charge in [0.25, 0.3) is 0 Å². The number of benzene rings is 1. The molecule has 1 rings (SSSR count). The number of halogens is 2. The molecule has 0 aromatic heterocycles. The Morgan fingerprint density at radius 2 is 2.31 bits per heavy atom. The van der Waals surface area contributed by atoms with Gasteiger partial charge < -0.3 is 0 Å². The molecule has 0 spiro atoms. The van der Waals surface area contributed by atoms with Gasteiger partial charge in [-0.15, -0.1) is 0 Å². The monoisotopic (exact) mass is 195 g/mol. The lowest BCUT2D eigenvalue weighted by atomic mass is 10.1. The van der Waals surface area contributed by atoms with Crippen LogP contribution < -0.4 is 0 Å². The van der Waals surface area contributed by atoms with Crippen LogP contribution in [0.4, 0.5) is 4.39 Å². The number of nitriles is 1. The molecule has 0 unspecified atom stereocenters. The summed E-state index contributed by atoms with van der Waals surface area (Å²) in [5, 5.41) is 8.71. The van der Waals surface area contributed by atoms with Crippen molar-refractivity contribution in [1.82, 2.24) is 0 Å². The van der Waals surface area contributed by atoms with E-state index in [-0.39, 0.29) is 0 Å². The van der Waals surface area contributed by atoms with Crippen LogP contribution in [-0.4, -0.2) is 0 Å². The lowest BCUT2D eigenvalue weighted by Gasteiger charge is -2.03. The molecule has 0 aliphatic rings. The quantitative estimate of drug-likeness (QED) is 0.630. The van der Waals surface area contributed by atoms with Crippen molar-refractivity contribution in [1.29, 1.82) is 5.26 Å². The molecule has 13 heavy (non-hydrogen) atoms. The predicted molar refractivity (Wildman–Crippen MR) is 50.7 cm³/mol. The van der Waals surface area contributed by atoms with Gasteiger partial charge in [-0.25, -0.2) is 4.39 Å². The standard InChI is InChI=1S/C10H7ClFN/c1-7(5-6-13)10-8(11)3-2-4-9(10)12/h2-5H,1H3/b7-5-. The zero-order valence-electron chi connectivity index (χ0n) is 7.01. The van der Waals surface area contributed by atoms with Crippen molar-refractivity contribution < 1.29 is 4.39 Å². The van der Waals surface area contributed by atoms with Crippen molar-refractivity contribution in [2.24, 2.45) is 0 Å². The smallest absolute Gasteiger partial charge is 0.132 e. The Bertz CT molecular complexity index is 370. The van der Waals surface area contributed by atoms with E-state index in [1.807, 2.05) is 6.07 Å². The molecular weight excluding hydrogens is 189 g/mol. The van der Waals surface area contributed by atoms with Crippen LogP contribution in [-0.2, 0) is 0 Å². The summed E-state index contributed by atoms with van der Waals surface area (Å²) in [7, 11) is 0. The molecule has 0 N–H and O–H groups in total. The third-order valence-electron chi connectivity index (χ3n) is 1.64. The molecular formula is C10H7ClFN. The SMILES string of the molecule is C/C(=C/C#N)c1c(F)cccc1Cl. The summed E-state index contributed by atoms with van der Waals surface area (Å²) >= 11 is 5.77.